The average molecular weight is 216 g/mol. The summed E-state index contributed by atoms with van der Waals surface area (Å²) in [5.41, 5.74) is 5.35. The summed E-state index contributed by atoms with van der Waals surface area (Å²) in [6.45, 7) is 1.21. The highest BCUT2D eigenvalue weighted by atomic mass is 35.5. The first-order chi connectivity index (χ1) is 6.77. The molecule has 3 nitrogen and oxygen atoms in total. The summed E-state index contributed by atoms with van der Waals surface area (Å²) in [5, 5.41) is 0.632. The van der Waals surface area contributed by atoms with E-state index in [1.165, 1.54) is 0 Å². The smallest absolute Gasteiger partial charge is 0.162 e. The Bertz CT molecular complexity index is 291. The fraction of sp³-hybridized carbons (Fsp3) is 0.400. The number of methoxy groups -OCH3 is 1. The van der Waals surface area contributed by atoms with Crippen molar-refractivity contribution in [3.63, 3.8) is 0 Å². The van der Waals surface area contributed by atoms with Gasteiger partial charge in [-0.05, 0) is 25.1 Å². The van der Waals surface area contributed by atoms with Gasteiger partial charge < -0.3 is 15.2 Å². The molecule has 78 valence electrons. The second-order valence-electron chi connectivity index (χ2n) is 2.79. The minimum absolute atomic E-state index is 0.592. The van der Waals surface area contributed by atoms with Gasteiger partial charge in [0.2, 0.25) is 0 Å². The number of rotatable bonds is 5. The Labute approximate surface area is 88.8 Å². The third kappa shape index (κ3) is 3.09. The van der Waals surface area contributed by atoms with Gasteiger partial charge in [0.25, 0.3) is 0 Å². The Morgan fingerprint density at radius 3 is 2.79 bits per heavy atom. The number of benzene rings is 1. The molecule has 4 heteroatoms. The number of nitrogens with two attached hydrogens (primary N) is 1. The van der Waals surface area contributed by atoms with Gasteiger partial charge in [-0.2, -0.15) is 0 Å². The third-order valence-corrected chi connectivity index (χ3v) is 1.97. The van der Waals surface area contributed by atoms with Crippen molar-refractivity contribution >= 4 is 11.6 Å². The monoisotopic (exact) mass is 215 g/mol. The lowest BCUT2D eigenvalue weighted by atomic mass is 10.3. The molecule has 0 aromatic heterocycles. The van der Waals surface area contributed by atoms with Crippen molar-refractivity contribution in [3.8, 4) is 11.5 Å². The highest BCUT2D eigenvalue weighted by Gasteiger charge is 2.03. The fourth-order valence-corrected chi connectivity index (χ4v) is 1.19. The van der Waals surface area contributed by atoms with Crippen molar-refractivity contribution in [2.45, 2.75) is 6.42 Å². The number of ether oxygens (including phenoxy) is 2. The van der Waals surface area contributed by atoms with Crippen molar-refractivity contribution < 1.29 is 9.47 Å². The zero-order chi connectivity index (χ0) is 10.4. The molecule has 0 unspecified atom stereocenters. The average Bonchev–Trinajstić information content (AvgIpc) is 2.20. The third-order valence-electron chi connectivity index (χ3n) is 1.73. The van der Waals surface area contributed by atoms with Crippen LogP contribution < -0.4 is 15.2 Å². The van der Waals surface area contributed by atoms with Crippen LogP contribution in [0.2, 0.25) is 5.02 Å². The van der Waals surface area contributed by atoms with Crippen LogP contribution in [0.4, 0.5) is 0 Å². The second-order valence-corrected chi connectivity index (χ2v) is 3.22. The Morgan fingerprint density at radius 1 is 1.36 bits per heavy atom. The highest BCUT2D eigenvalue weighted by Crippen LogP contribution is 2.29. The van der Waals surface area contributed by atoms with E-state index in [1.54, 1.807) is 25.3 Å². The van der Waals surface area contributed by atoms with E-state index in [-0.39, 0.29) is 0 Å². The molecule has 0 fully saturated rings. The maximum Gasteiger partial charge on any atom is 0.162 e. The first-order valence-corrected chi connectivity index (χ1v) is 4.82. The number of halogens is 1. The van der Waals surface area contributed by atoms with Crippen LogP contribution in [0, 0.1) is 0 Å². The van der Waals surface area contributed by atoms with Crippen molar-refractivity contribution in [1.82, 2.24) is 0 Å². The normalized spacial score (nSPS) is 9.93. The van der Waals surface area contributed by atoms with Gasteiger partial charge in [-0.1, -0.05) is 11.6 Å². The van der Waals surface area contributed by atoms with E-state index < -0.39 is 0 Å². The summed E-state index contributed by atoms with van der Waals surface area (Å²) in [4.78, 5) is 0. The molecular formula is C10H14ClNO2. The quantitative estimate of drug-likeness (QED) is 0.765. The number of hydrogen-bond donors (Lipinski definition) is 1. The molecule has 0 saturated carbocycles. The van der Waals surface area contributed by atoms with Crippen molar-refractivity contribution in [3.05, 3.63) is 23.2 Å². The largest absolute Gasteiger partial charge is 0.493 e. The minimum atomic E-state index is 0.592. The van der Waals surface area contributed by atoms with E-state index >= 15 is 0 Å². The van der Waals surface area contributed by atoms with Gasteiger partial charge in [0, 0.05) is 11.1 Å². The fourth-order valence-electron chi connectivity index (χ4n) is 1.03. The van der Waals surface area contributed by atoms with E-state index in [2.05, 4.69) is 0 Å². The van der Waals surface area contributed by atoms with Gasteiger partial charge in [0.15, 0.2) is 11.5 Å². The molecule has 0 aliphatic rings. The first-order valence-electron chi connectivity index (χ1n) is 4.44. The van der Waals surface area contributed by atoms with Gasteiger partial charge in [0.05, 0.1) is 13.7 Å². The van der Waals surface area contributed by atoms with Crippen molar-refractivity contribution in [2.24, 2.45) is 5.73 Å². The highest BCUT2D eigenvalue weighted by molar-refractivity contribution is 6.30. The molecule has 0 saturated heterocycles. The minimum Gasteiger partial charge on any atom is -0.493 e. The predicted molar refractivity (Wildman–Crippen MR) is 57.2 cm³/mol. The molecule has 0 aliphatic heterocycles. The molecule has 1 aromatic rings. The van der Waals surface area contributed by atoms with Gasteiger partial charge in [0.1, 0.15) is 0 Å². The lowest BCUT2D eigenvalue weighted by molar-refractivity contribution is 0.291. The summed E-state index contributed by atoms with van der Waals surface area (Å²) in [6.07, 6.45) is 0.825. The van der Waals surface area contributed by atoms with Crippen LogP contribution >= 0.6 is 11.6 Å². The van der Waals surface area contributed by atoms with Crippen LogP contribution in [0.5, 0.6) is 11.5 Å². The van der Waals surface area contributed by atoms with E-state index in [4.69, 9.17) is 26.8 Å². The molecule has 1 aromatic carbocycles. The van der Waals surface area contributed by atoms with Crippen LogP contribution in [0.3, 0.4) is 0 Å². The van der Waals surface area contributed by atoms with E-state index in [0.29, 0.717) is 29.7 Å². The number of hydrogen-bond acceptors (Lipinski definition) is 3. The van der Waals surface area contributed by atoms with Crippen LogP contribution in [0.25, 0.3) is 0 Å². The maximum absolute atomic E-state index is 5.80. The van der Waals surface area contributed by atoms with Crippen LogP contribution in [0.15, 0.2) is 18.2 Å². The summed E-state index contributed by atoms with van der Waals surface area (Å²) >= 11 is 5.80. The lowest BCUT2D eigenvalue weighted by Crippen LogP contribution is -2.06. The first kappa shape index (κ1) is 11.1. The Morgan fingerprint density at radius 2 is 2.14 bits per heavy atom. The molecule has 0 heterocycles. The zero-order valence-electron chi connectivity index (χ0n) is 8.13. The van der Waals surface area contributed by atoms with Gasteiger partial charge in [-0.15, -0.1) is 0 Å². The SMILES string of the molecule is COc1cc(Cl)ccc1OCCCN. The van der Waals surface area contributed by atoms with Crippen LogP contribution in [-0.4, -0.2) is 20.3 Å². The van der Waals surface area contributed by atoms with Gasteiger partial charge >= 0.3 is 0 Å². The molecule has 1 rings (SSSR count). The summed E-state index contributed by atoms with van der Waals surface area (Å²) in [7, 11) is 1.58. The lowest BCUT2D eigenvalue weighted by Gasteiger charge is -2.10. The zero-order valence-corrected chi connectivity index (χ0v) is 8.88. The molecule has 0 radical (unpaired) electrons. The standard InChI is InChI=1S/C10H14ClNO2/c1-13-10-7-8(11)3-4-9(10)14-6-2-5-12/h3-4,7H,2,5-6,12H2,1H3. The molecule has 0 aliphatic carbocycles. The molecule has 0 spiro atoms. The molecule has 0 bridgehead atoms. The molecular weight excluding hydrogens is 202 g/mol. The maximum atomic E-state index is 5.80. The molecule has 0 amide bonds. The summed E-state index contributed by atoms with van der Waals surface area (Å²) in [5.74, 6) is 1.35. The van der Waals surface area contributed by atoms with E-state index in [0.717, 1.165) is 6.42 Å². The molecule has 0 atom stereocenters. The van der Waals surface area contributed by atoms with Crippen LogP contribution in [0.1, 0.15) is 6.42 Å². The Balaban J connectivity index is 2.65. The summed E-state index contributed by atoms with van der Waals surface area (Å²) in [6, 6.07) is 5.28. The Kier molecular flexibility index (Phi) is 4.56. The Hall–Kier alpha value is -0.930. The topological polar surface area (TPSA) is 44.5 Å². The van der Waals surface area contributed by atoms with E-state index in [1.807, 2.05) is 0 Å². The second kappa shape index (κ2) is 5.73. The van der Waals surface area contributed by atoms with Crippen LogP contribution in [-0.2, 0) is 0 Å². The van der Waals surface area contributed by atoms with Crippen molar-refractivity contribution in [1.29, 1.82) is 0 Å². The summed E-state index contributed by atoms with van der Waals surface area (Å²) < 4.78 is 10.6. The molecule has 2 N–H and O–H groups in total. The van der Waals surface area contributed by atoms with Gasteiger partial charge in [-0.3, -0.25) is 0 Å². The molecule has 14 heavy (non-hydrogen) atoms. The van der Waals surface area contributed by atoms with Gasteiger partial charge in [-0.25, -0.2) is 0 Å². The van der Waals surface area contributed by atoms with E-state index in [9.17, 15) is 0 Å². The predicted octanol–water partition coefficient (Wildman–Crippen LogP) is 2.08. The van der Waals surface area contributed by atoms with Crippen molar-refractivity contribution in [2.75, 3.05) is 20.3 Å².